The first-order chi connectivity index (χ1) is 19.6. The van der Waals surface area contributed by atoms with Crippen LogP contribution in [0, 0.1) is 0 Å². The highest BCUT2D eigenvalue weighted by atomic mass is 35.5. The summed E-state index contributed by atoms with van der Waals surface area (Å²) in [6.07, 6.45) is 6.51. The number of halogens is 2. The lowest BCUT2D eigenvalue weighted by molar-refractivity contribution is -0.118. The van der Waals surface area contributed by atoms with Gasteiger partial charge in [-0.05, 0) is 53.8 Å². The van der Waals surface area contributed by atoms with E-state index in [4.69, 9.17) is 0 Å². The molecule has 2 aliphatic heterocycles. The average Bonchev–Trinajstić information content (AvgIpc) is 3.42. The Morgan fingerprint density at radius 2 is 1.64 bits per heavy atom. The standard InChI is InChI=1S/C31H32N6O3.2ClH/c38-29(18-25-19-32-21-33-25)37-16-15-36(30(39)27-10-6-8-22-7-2-3-9-26(22)27)20-23-11-12-24(17-28(23)37)34-31(40)35-13-4-1-5-14-35;;/h2-3,6-12,17,19,21H,1,4-5,13-16,18,20H2,(H,32,33)(H,34,40);2*1H. The van der Waals surface area contributed by atoms with Crippen LogP contribution < -0.4 is 10.2 Å². The minimum Gasteiger partial charge on any atom is -0.348 e. The normalized spacial score (nSPS) is 14.7. The van der Waals surface area contributed by atoms with Crippen molar-refractivity contribution in [2.45, 2.75) is 32.2 Å². The van der Waals surface area contributed by atoms with Gasteiger partial charge in [-0.25, -0.2) is 9.78 Å². The lowest BCUT2D eigenvalue weighted by Crippen LogP contribution is -2.39. The molecule has 42 heavy (non-hydrogen) atoms. The number of carbonyl (C=O) groups excluding carboxylic acids is 3. The first kappa shape index (κ1) is 30.9. The van der Waals surface area contributed by atoms with Gasteiger partial charge in [-0.15, -0.1) is 24.8 Å². The molecule has 2 aliphatic rings. The zero-order chi connectivity index (χ0) is 27.5. The summed E-state index contributed by atoms with van der Waals surface area (Å²) < 4.78 is 0. The molecule has 1 saturated heterocycles. The number of amides is 4. The number of aromatic nitrogens is 2. The van der Waals surface area contributed by atoms with Crippen LogP contribution in [0.25, 0.3) is 10.8 Å². The molecule has 1 aromatic heterocycles. The summed E-state index contributed by atoms with van der Waals surface area (Å²) in [5.41, 5.74) is 3.54. The van der Waals surface area contributed by atoms with E-state index in [9.17, 15) is 14.4 Å². The molecule has 11 heteroatoms. The molecular formula is C31H34Cl2N6O3. The Kier molecular flexibility index (Phi) is 10.1. The number of hydrogen-bond donors (Lipinski definition) is 2. The molecule has 6 rings (SSSR count). The van der Waals surface area contributed by atoms with Crippen LogP contribution in [0.15, 0.2) is 73.2 Å². The van der Waals surface area contributed by atoms with Crippen LogP contribution in [0.5, 0.6) is 0 Å². The molecule has 0 spiro atoms. The summed E-state index contributed by atoms with van der Waals surface area (Å²) in [5, 5.41) is 4.93. The molecule has 3 heterocycles. The van der Waals surface area contributed by atoms with Crippen molar-refractivity contribution in [1.82, 2.24) is 19.8 Å². The van der Waals surface area contributed by atoms with E-state index in [1.54, 1.807) is 22.3 Å². The second kappa shape index (κ2) is 13.7. The fourth-order valence-electron chi connectivity index (χ4n) is 5.61. The molecule has 3 aromatic carbocycles. The third-order valence-corrected chi connectivity index (χ3v) is 7.73. The van der Waals surface area contributed by atoms with Crippen LogP contribution in [-0.2, 0) is 17.8 Å². The molecular weight excluding hydrogens is 575 g/mol. The largest absolute Gasteiger partial charge is 0.348 e. The van der Waals surface area contributed by atoms with Crippen molar-refractivity contribution in [3.63, 3.8) is 0 Å². The molecule has 4 amide bonds. The zero-order valence-electron chi connectivity index (χ0n) is 23.1. The maximum absolute atomic E-state index is 13.8. The predicted octanol–water partition coefficient (Wildman–Crippen LogP) is 5.66. The summed E-state index contributed by atoms with van der Waals surface area (Å²) in [4.78, 5) is 52.7. The number of nitrogens with zero attached hydrogens (tertiary/aromatic N) is 4. The lowest BCUT2D eigenvalue weighted by atomic mass is 10.0. The van der Waals surface area contributed by atoms with Crippen molar-refractivity contribution < 1.29 is 14.4 Å². The maximum Gasteiger partial charge on any atom is 0.321 e. The second-order valence-electron chi connectivity index (χ2n) is 10.4. The predicted molar refractivity (Wildman–Crippen MR) is 169 cm³/mol. The SMILES string of the molecule is Cl.Cl.O=C(Nc1ccc2c(c1)N(C(=O)Cc1cnc[nH]1)CCN(C(=O)c1cccc3ccccc13)C2)N1CCCCC1. The van der Waals surface area contributed by atoms with Gasteiger partial charge in [0.25, 0.3) is 5.91 Å². The van der Waals surface area contributed by atoms with Crippen molar-refractivity contribution in [3.05, 3.63) is 90.0 Å². The monoisotopic (exact) mass is 608 g/mol. The van der Waals surface area contributed by atoms with E-state index in [1.807, 2.05) is 65.6 Å². The van der Waals surface area contributed by atoms with Crippen molar-refractivity contribution >= 4 is 64.8 Å². The van der Waals surface area contributed by atoms with Crippen LogP contribution in [0.2, 0.25) is 0 Å². The Bertz CT molecular complexity index is 1550. The van der Waals surface area contributed by atoms with E-state index in [2.05, 4.69) is 15.3 Å². The molecule has 4 aromatic rings. The van der Waals surface area contributed by atoms with Crippen LogP contribution >= 0.6 is 24.8 Å². The first-order valence-corrected chi connectivity index (χ1v) is 13.8. The zero-order valence-corrected chi connectivity index (χ0v) is 24.8. The highest BCUT2D eigenvalue weighted by Crippen LogP contribution is 2.31. The number of likely N-dealkylation sites (tertiary alicyclic amines) is 1. The quantitative estimate of drug-likeness (QED) is 0.312. The molecule has 0 radical (unpaired) electrons. The molecule has 0 aliphatic carbocycles. The summed E-state index contributed by atoms with van der Waals surface area (Å²) in [5.74, 6) is -0.183. The number of urea groups is 1. The summed E-state index contributed by atoms with van der Waals surface area (Å²) >= 11 is 0. The van der Waals surface area contributed by atoms with Crippen LogP contribution in [0.1, 0.15) is 40.9 Å². The van der Waals surface area contributed by atoms with Gasteiger partial charge in [0.2, 0.25) is 5.91 Å². The number of H-pyrrole nitrogens is 1. The van der Waals surface area contributed by atoms with Crippen molar-refractivity contribution in [2.24, 2.45) is 0 Å². The minimum atomic E-state index is -0.128. The first-order valence-electron chi connectivity index (χ1n) is 13.8. The third-order valence-electron chi connectivity index (χ3n) is 7.73. The molecule has 1 fully saturated rings. The number of rotatable bonds is 4. The lowest BCUT2D eigenvalue weighted by Gasteiger charge is -2.27. The Labute approximate surface area is 257 Å². The van der Waals surface area contributed by atoms with Gasteiger partial charge in [0.05, 0.1) is 18.4 Å². The molecule has 0 atom stereocenters. The number of nitrogens with one attached hydrogen (secondary N) is 2. The fraction of sp³-hybridized carbons (Fsp3) is 0.290. The Balaban J connectivity index is 0.00000202. The number of carbonyl (C=O) groups is 3. The van der Waals surface area contributed by atoms with Gasteiger partial charge in [0.15, 0.2) is 0 Å². The van der Waals surface area contributed by atoms with Gasteiger partial charge >= 0.3 is 6.03 Å². The number of piperidine rings is 1. The van der Waals surface area contributed by atoms with E-state index in [-0.39, 0.29) is 49.1 Å². The summed E-state index contributed by atoms with van der Waals surface area (Å²) in [6, 6.07) is 19.1. The maximum atomic E-state index is 13.8. The highest BCUT2D eigenvalue weighted by Gasteiger charge is 2.29. The molecule has 0 unspecified atom stereocenters. The topological polar surface area (TPSA) is 102 Å². The Hall–Kier alpha value is -4.08. The van der Waals surface area contributed by atoms with E-state index < -0.39 is 0 Å². The van der Waals surface area contributed by atoms with Crippen LogP contribution in [0.3, 0.4) is 0 Å². The molecule has 2 N–H and O–H groups in total. The van der Waals surface area contributed by atoms with E-state index in [0.717, 1.165) is 48.7 Å². The van der Waals surface area contributed by atoms with Crippen LogP contribution in [0.4, 0.5) is 16.2 Å². The van der Waals surface area contributed by atoms with Gasteiger partial charge < -0.3 is 25.0 Å². The fourth-order valence-corrected chi connectivity index (χ4v) is 5.61. The van der Waals surface area contributed by atoms with Gasteiger partial charge in [-0.1, -0.05) is 42.5 Å². The number of anilines is 2. The van der Waals surface area contributed by atoms with Gasteiger partial charge in [0.1, 0.15) is 0 Å². The molecule has 0 saturated carbocycles. The summed E-state index contributed by atoms with van der Waals surface area (Å²) in [6.45, 7) is 2.56. The number of benzene rings is 3. The Morgan fingerprint density at radius 1 is 0.857 bits per heavy atom. The van der Waals surface area contributed by atoms with E-state index in [1.165, 1.54) is 0 Å². The van der Waals surface area contributed by atoms with Crippen molar-refractivity contribution in [1.29, 1.82) is 0 Å². The highest BCUT2D eigenvalue weighted by molar-refractivity contribution is 6.07. The number of imidazole rings is 1. The molecule has 9 nitrogen and oxygen atoms in total. The van der Waals surface area contributed by atoms with Crippen molar-refractivity contribution in [2.75, 3.05) is 36.4 Å². The van der Waals surface area contributed by atoms with Gasteiger partial charge in [0, 0.05) is 55.9 Å². The van der Waals surface area contributed by atoms with Crippen LogP contribution in [-0.4, -0.2) is 63.8 Å². The van der Waals surface area contributed by atoms with E-state index >= 15 is 0 Å². The third kappa shape index (κ3) is 6.53. The summed E-state index contributed by atoms with van der Waals surface area (Å²) in [7, 11) is 0. The van der Waals surface area contributed by atoms with Gasteiger partial charge in [-0.2, -0.15) is 0 Å². The number of hydrogen-bond acceptors (Lipinski definition) is 4. The second-order valence-corrected chi connectivity index (χ2v) is 10.4. The smallest absolute Gasteiger partial charge is 0.321 e. The number of fused-ring (bicyclic) bond motifs is 2. The minimum absolute atomic E-state index is 0. The Morgan fingerprint density at radius 3 is 2.43 bits per heavy atom. The molecule has 220 valence electrons. The van der Waals surface area contributed by atoms with Crippen molar-refractivity contribution in [3.8, 4) is 0 Å². The van der Waals surface area contributed by atoms with E-state index in [0.29, 0.717) is 42.3 Å². The average molecular weight is 610 g/mol. The molecule has 0 bridgehead atoms. The number of aromatic amines is 1. The van der Waals surface area contributed by atoms with Gasteiger partial charge in [-0.3, -0.25) is 9.59 Å².